The van der Waals surface area contributed by atoms with Gasteiger partial charge in [-0.1, -0.05) is 6.07 Å². The second-order valence-corrected chi connectivity index (χ2v) is 3.94. The molecule has 1 heterocycles. The molecule has 0 aliphatic heterocycles. The zero-order valence-corrected chi connectivity index (χ0v) is 10.5. The van der Waals surface area contributed by atoms with E-state index in [2.05, 4.69) is 4.98 Å². The van der Waals surface area contributed by atoms with Crippen molar-refractivity contribution in [2.45, 2.75) is 13.0 Å². The summed E-state index contributed by atoms with van der Waals surface area (Å²) in [5, 5.41) is 9.01. The van der Waals surface area contributed by atoms with Gasteiger partial charge in [0.05, 0.1) is 13.2 Å². The van der Waals surface area contributed by atoms with E-state index in [4.69, 9.17) is 15.6 Å². The number of anilines is 1. The minimum absolute atomic E-state index is 0.0122. The minimum Gasteiger partial charge on any atom is -0.395 e. The molecule has 0 aromatic carbocycles. The van der Waals surface area contributed by atoms with Gasteiger partial charge in [-0.3, -0.25) is 0 Å². The van der Waals surface area contributed by atoms with E-state index < -0.39 is 0 Å². The smallest absolute Gasteiger partial charge is 0.128 e. The highest BCUT2D eigenvalue weighted by atomic mass is 16.5. The third-order valence-electron chi connectivity index (χ3n) is 2.56. The lowest BCUT2D eigenvalue weighted by molar-refractivity contribution is 0.202. The van der Waals surface area contributed by atoms with Gasteiger partial charge in [-0.05, 0) is 18.6 Å². The van der Waals surface area contributed by atoms with Crippen molar-refractivity contribution in [3.05, 3.63) is 23.9 Å². The number of hydrogen-bond donors (Lipinski definition) is 2. The summed E-state index contributed by atoms with van der Waals surface area (Å²) in [6.45, 7) is 3.89. The summed E-state index contributed by atoms with van der Waals surface area (Å²) in [6.07, 6.45) is 1.77. The van der Waals surface area contributed by atoms with Crippen molar-refractivity contribution < 1.29 is 9.84 Å². The maximum absolute atomic E-state index is 9.01. The number of methoxy groups -OCH3 is 1. The van der Waals surface area contributed by atoms with E-state index in [0.717, 1.165) is 11.4 Å². The Labute approximate surface area is 102 Å². The van der Waals surface area contributed by atoms with Gasteiger partial charge in [-0.15, -0.1) is 0 Å². The third kappa shape index (κ3) is 4.30. The molecule has 0 spiro atoms. The second-order valence-electron chi connectivity index (χ2n) is 3.94. The molecule has 0 bridgehead atoms. The molecule has 0 fully saturated rings. The molecule has 0 saturated heterocycles. The first-order chi connectivity index (χ1) is 8.19. The largest absolute Gasteiger partial charge is 0.395 e. The predicted octanol–water partition coefficient (Wildman–Crippen LogP) is 0.546. The maximum Gasteiger partial charge on any atom is 0.128 e. The van der Waals surface area contributed by atoms with E-state index in [1.807, 2.05) is 24.0 Å². The average molecular weight is 239 g/mol. The molecule has 1 rings (SSSR count). The van der Waals surface area contributed by atoms with Crippen LogP contribution in [0, 0.1) is 0 Å². The molecule has 0 amide bonds. The molecule has 1 aromatic heterocycles. The number of aromatic nitrogens is 1. The first kappa shape index (κ1) is 13.9. The molecule has 0 saturated carbocycles. The number of hydrogen-bond acceptors (Lipinski definition) is 5. The lowest BCUT2D eigenvalue weighted by Crippen LogP contribution is -2.30. The van der Waals surface area contributed by atoms with Crippen LogP contribution >= 0.6 is 0 Å². The van der Waals surface area contributed by atoms with Crippen molar-refractivity contribution in [2.24, 2.45) is 5.73 Å². The summed E-state index contributed by atoms with van der Waals surface area (Å²) < 4.78 is 5.03. The highest BCUT2D eigenvalue weighted by Gasteiger charge is 2.07. The van der Waals surface area contributed by atoms with Gasteiger partial charge in [0.25, 0.3) is 0 Å². The molecule has 0 radical (unpaired) electrons. The zero-order chi connectivity index (χ0) is 12.7. The number of aliphatic hydroxyl groups excluding tert-OH is 1. The fourth-order valence-corrected chi connectivity index (χ4v) is 1.52. The van der Waals surface area contributed by atoms with Crippen LogP contribution in [0.5, 0.6) is 0 Å². The van der Waals surface area contributed by atoms with Crippen LogP contribution < -0.4 is 10.6 Å². The molecule has 3 N–H and O–H groups in total. The molecule has 1 aromatic rings. The standard InChI is InChI=1S/C12H21N3O2/c1-10(13)11-3-4-12(14-9-11)15(5-7-16)6-8-17-2/h3-4,9-10,16H,5-8,13H2,1-2H3. The number of rotatable bonds is 7. The average Bonchev–Trinajstić information content (AvgIpc) is 2.34. The Balaban J connectivity index is 2.72. The van der Waals surface area contributed by atoms with Gasteiger partial charge in [0.15, 0.2) is 0 Å². The van der Waals surface area contributed by atoms with Crippen LogP contribution in [0.15, 0.2) is 18.3 Å². The summed E-state index contributed by atoms with van der Waals surface area (Å²) in [4.78, 5) is 6.33. The Morgan fingerprint density at radius 2 is 2.24 bits per heavy atom. The molecule has 5 nitrogen and oxygen atoms in total. The van der Waals surface area contributed by atoms with Crippen LogP contribution in [0.25, 0.3) is 0 Å². The Bertz CT molecular complexity index is 314. The first-order valence-corrected chi connectivity index (χ1v) is 5.75. The van der Waals surface area contributed by atoms with Crippen LogP contribution in [0.3, 0.4) is 0 Å². The van der Waals surface area contributed by atoms with Crippen LogP contribution in [-0.4, -0.2) is 43.5 Å². The Morgan fingerprint density at radius 3 is 2.71 bits per heavy atom. The van der Waals surface area contributed by atoms with Gasteiger partial charge in [0.1, 0.15) is 5.82 Å². The van der Waals surface area contributed by atoms with E-state index >= 15 is 0 Å². The lowest BCUT2D eigenvalue weighted by Gasteiger charge is -2.22. The van der Waals surface area contributed by atoms with Gasteiger partial charge >= 0.3 is 0 Å². The topological polar surface area (TPSA) is 71.6 Å². The van der Waals surface area contributed by atoms with Crippen molar-refractivity contribution in [1.82, 2.24) is 4.98 Å². The van der Waals surface area contributed by atoms with Gasteiger partial charge in [0, 0.05) is 32.4 Å². The number of aliphatic hydroxyl groups is 1. The maximum atomic E-state index is 9.01. The molecule has 1 unspecified atom stereocenters. The van der Waals surface area contributed by atoms with Crippen LogP contribution in [0.1, 0.15) is 18.5 Å². The molecular weight excluding hydrogens is 218 g/mol. The van der Waals surface area contributed by atoms with E-state index in [9.17, 15) is 0 Å². The number of pyridine rings is 1. The van der Waals surface area contributed by atoms with E-state index in [1.165, 1.54) is 0 Å². The Morgan fingerprint density at radius 1 is 1.47 bits per heavy atom. The van der Waals surface area contributed by atoms with Gasteiger partial charge in [-0.25, -0.2) is 4.98 Å². The first-order valence-electron chi connectivity index (χ1n) is 5.75. The molecule has 17 heavy (non-hydrogen) atoms. The molecule has 0 aliphatic carbocycles. The van der Waals surface area contributed by atoms with Gasteiger partial charge in [0.2, 0.25) is 0 Å². The van der Waals surface area contributed by atoms with E-state index in [1.54, 1.807) is 13.3 Å². The van der Waals surface area contributed by atoms with Crippen molar-refractivity contribution in [3.63, 3.8) is 0 Å². The summed E-state index contributed by atoms with van der Waals surface area (Å²) in [5.41, 5.74) is 6.77. The number of ether oxygens (including phenoxy) is 1. The van der Waals surface area contributed by atoms with Crippen molar-refractivity contribution in [2.75, 3.05) is 38.3 Å². The Kier molecular flexibility index (Phi) is 5.90. The second kappa shape index (κ2) is 7.21. The molecule has 96 valence electrons. The summed E-state index contributed by atoms with van der Waals surface area (Å²) in [6, 6.07) is 3.87. The zero-order valence-electron chi connectivity index (χ0n) is 10.5. The van der Waals surface area contributed by atoms with Crippen LogP contribution in [0.4, 0.5) is 5.82 Å². The normalized spacial score (nSPS) is 12.5. The predicted molar refractivity (Wildman–Crippen MR) is 68.0 cm³/mol. The van der Waals surface area contributed by atoms with E-state index in [0.29, 0.717) is 19.7 Å². The summed E-state index contributed by atoms with van der Waals surface area (Å²) in [7, 11) is 1.66. The van der Waals surface area contributed by atoms with Crippen molar-refractivity contribution in [3.8, 4) is 0 Å². The van der Waals surface area contributed by atoms with Gasteiger partial charge in [-0.2, -0.15) is 0 Å². The van der Waals surface area contributed by atoms with Crippen LogP contribution in [-0.2, 0) is 4.74 Å². The fraction of sp³-hybridized carbons (Fsp3) is 0.583. The van der Waals surface area contributed by atoms with Crippen molar-refractivity contribution in [1.29, 1.82) is 0 Å². The highest BCUT2D eigenvalue weighted by Crippen LogP contribution is 2.14. The monoisotopic (exact) mass is 239 g/mol. The van der Waals surface area contributed by atoms with Crippen LogP contribution in [0.2, 0.25) is 0 Å². The van der Waals surface area contributed by atoms with Crippen molar-refractivity contribution >= 4 is 5.82 Å². The molecule has 0 aliphatic rings. The SMILES string of the molecule is COCCN(CCO)c1ccc(C(C)N)cn1. The molecular formula is C12H21N3O2. The van der Waals surface area contributed by atoms with E-state index in [-0.39, 0.29) is 12.6 Å². The lowest BCUT2D eigenvalue weighted by atomic mass is 10.1. The molecule has 5 heteroatoms. The molecule has 1 atom stereocenters. The quantitative estimate of drug-likeness (QED) is 0.727. The number of nitrogens with two attached hydrogens (primary N) is 1. The highest BCUT2D eigenvalue weighted by molar-refractivity contribution is 5.39. The summed E-state index contributed by atoms with van der Waals surface area (Å²) in [5.74, 6) is 0.834. The summed E-state index contributed by atoms with van der Waals surface area (Å²) >= 11 is 0. The Hall–Kier alpha value is -1.17. The number of nitrogens with zero attached hydrogens (tertiary/aromatic N) is 2. The minimum atomic E-state index is -0.0122. The fourth-order valence-electron chi connectivity index (χ4n) is 1.52. The van der Waals surface area contributed by atoms with Gasteiger partial charge < -0.3 is 20.5 Å². The third-order valence-corrected chi connectivity index (χ3v) is 2.56.